The first-order valence-electron chi connectivity index (χ1n) is 8.69. The molecule has 134 valence electrons. The molecule has 4 aromatic rings. The van der Waals surface area contributed by atoms with Crippen molar-refractivity contribution in [2.75, 3.05) is 18.7 Å². The molecular weight excluding hydrogens is 342 g/mol. The Balaban J connectivity index is 1.79. The number of aryl methyl sites for hydroxylation is 1. The van der Waals surface area contributed by atoms with E-state index in [9.17, 15) is 4.79 Å². The molecule has 0 saturated carbocycles. The lowest BCUT2D eigenvalue weighted by Gasteiger charge is -2.19. The average molecular weight is 359 g/mol. The van der Waals surface area contributed by atoms with Crippen molar-refractivity contribution >= 4 is 33.8 Å². The maximum Gasteiger partial charge on any atom is 0.231 e. The predicted molar refractivity (Wildman–Crippen MR) is 104 cm³/mol. The average Bonchev–Trinajstić information content (AvgIpc) is 3.28. The van der Waals surface area contributed by atoms with E-state index in [1.165, 1.54) is 0 Å². The van der Waals surface area contributed by atoms with Crippen LogP contribution in [0.15, 0.2) is 52.9 Å². The Morgan fingerprint density at radius 1 is 0.963 bits per heavy atom. The molecule has 0 saturated heterocycles. The summed E-state index contributed by atoms with van der Waals surface area (Å²) < 4.78 is 16.8. The smallest absolute Gasteiger partial charge is 0.231 e. The first kappa shape index (κ1) is 15.8. The Morgan fingerprint density at radius 2 is 1.74 bits per heavy atom. The van der Waals surface area contributed by atoms with E-state index in [4.69, 9.17) is 13.9 Å². The Labute approximate surface area is 155 Å². The van der Waals surface area contributed by atoms with E-state index in [2.05, 4.69) is 0 Å². The molecular formula is C22H17NO4. The topological polar surface area (TPSA) is 51.9 Å². The monoisotopic (exact) mass is 359 g/mol. The zero-order valence-electron chi connectivity index (χ0n) is 15.0. The van der Waals surface area contributed by atoms with Gasteiger partial charge in [-0.25, -0.2) is 0 Å². The second-order valence-corrected chi connectivity index (χ2v) is 6.71. The summed E-state index contributed by atoms with van der Waals surface area (Å²) in [6, 6.07) is 16.1. The summed E-state index contributed by atoms with van der Waals surface area (Å²) in [5.74, 6) is 2.29. The molecule has 0 aliphatic carbocycles. The van der Waals surface area contributed by atoms with Crippen molar-refractivity contribution in [2.24, 2.45) is 0 Å². The molecule has 0 spiro atoms. The van der Waals surface area contributed by atoms with Crippen LogP contribution in [-0.2, 0) is 4.79 Å². The molecule has 3 aromatic carbocycles. The second kappa shape index (κ2) is 5.77. The number of hydrogen-bond acceptors (Lipinski definition) is 4. The number of carbonyl (C=O) groups excluding carboxylic acids is 1. The third-order valence-corrected chi connectivity index (χ3v) is 4.95. The fourth-order valence-corrected chi connectivity index (χ4v) is 3.69. The van der Waals surface area contributed by atoms with Crippen LogP contribution in [0.1, 0.15) is 5.76 Å². The molecule has 0 bridgehead atoms. The number of hydrogen-bond donors (Lipinski definition) is 0. The number of carbonyl (C=O) groups is 1. The third-order valence-electron chi connectivity index (χ3n) is 4.95. The number of fused-ring (bicyclic) bond motifs is 3. The van der Waals surface area contributed by atoms with Crippen LogP contribution in [0, 0.1) is 6.92 Å². The van der Waals surface area contributed by atoms with E-state index >= 15 is 0 Å². The van der Waals surface area contributed by atoms with Crippen LogP contribution in [0.5, 0.6) is 11.5 Å². The summed E-state index contributed by atoms with van der Waals surface area (Å²) in [7, 11) is 1.76. The maximum absolute atomic E-state index is 11.6. The van der Waals surface area contributed by atoms with Gasteiger partial charge in [0.05, 0.1) is 5.69 Å². The Morgan fingerprint density at radius 3 is 2.56 bits per heavy atom. The van der Waals surface area contributed by atoms with E-state index in [0.29, 0.717) is 5.75 Å². The molecule has 0 atom stereocenters. The van der Waals surface area contributed by atoms with E-state index in [1.807, 2.05) is 55.5 Å². The lowest BCUT2D eigenvalue weighted by molar-refractivity contribution is -0.107. The van der Waals surface area contributed by atoms with E-state index in [-0.39, 0.29) is 6.79 Å². The van der Waals surface area contributed by atoms with Gasteiger partial charge in [0.2, 0.25) is 13.2 Å². The first-order chi connectivity index (χ1) is 13.1. The minimum atomic E-state index is 0.214. The summed E-state index contributed by atoms with van der Waals surface area (Å²) in [6.07, 6.45) is 0.818. The van der Waals surface area contributed by atoms with Gasteiger partial charge in [-0.05, 0) is 42.1 Å². The van der Waals surface area contributed by atoms with Gasteiger partial charge < -0.3 is 18.8 Å². The Bertz CT molecular complexity index is 1210. The van der Waals surface area contributed by atoms with Gasteiger partial charge in [-0.3, -0.25) is 4.79 Å². The number of ether oxygens (including phenoxy) is 2. The minimum Gasteiger partial charge on any atom is -0.461 e. The highest BCUT2D eigenvalue weighted by Crippen LogP contribution is 2.43. The van der Waals surface area contributed by atoms with Crippen molar-refractivity contribution in [1.82, 2.24) is 0 Å². The van der Waals surface area contributed by atoms with Gasteiger partial charge in [-0.15, -0.1) is 0 Å². The predicted octanol–water partition coefficient (Wildman–Crippen LogP) is 4.88. The SMILES string of the molecule is Cc1cc2ccc(-c3ccc4cc5c(cc4c3N(C)C=O)OCO5)cc2o1. The lowest BCUT2D eigenvalue weighted by atomic mass is 9.96. The number of benzene rings is 3. The maximum atomic E-state index is 11.6. The highest BCUT2D eigenvalue weighted by Gasteiger charge is 2.19. The minimum absolute atomic E-state index is 0.214. The largest absolute Gasteiger partial charge is 0.461 e. The van der Waals surface area contributed by atoms with Crippen LogP contribution in [0.3, 0.4) is 0 Å². The summed E-state index contributed by atoms with van der Waals surface area (Å²) in [5, 5.41) is 2.98. The Kier molecular flexibility index (Phi) is 3.37. The van der Waals surface area contributed by atoms with Crippen LogP contribution in [0.4, 0.5) is 5.69 Å². The number of nitrogens with zero attached hydrogens (tertiary/aromatic N) is 1. The molecule has 0 unspecified atom stereocenters. The van der Waals surface area contributed by atoms with Crippen LogP contribution in [0.2, 0.25) is 0 Å². The highest BCUT2D eigenvalue weighted by molar-refractivity contribution is 6.07. The molecule has 5 heteroatoms. The number of anilines is 1. The van der Waals surface area contributed by atoms with Crippen molar-refractivity contribution < 1.29 is 18.7 Å². The molecule has 1 aliphatic heterocycles. The molecule has 1 aromatic heterocycles. The summed E-state index contributed by atoms with van der Waals surface area (Å²) >= 11 is 0. The van der Waals surface area contributed by atoms with Crippen LogP contribution >= 0.6 is 0 Å². The summed E-state index contributed by atoms with van der Waals surface area (Å²) in [6.45, 7) is 2.15. The van der Waals surface area contributed by atoms with Crippen molar-refractivity contribution in [2.45, 2.75) is 6.92 Å². The van der Waals surface area contributed by atoms with Gasteiger partial charge in [0.1, 0.15) is 11.3 Å². The van der Waals surface area contributed by atoms with Crippen molar-refractivity contribution in [3.63, 3.8) is 0 Å². The van der Waals surface area contributed by atoms with Crippen LogP contribution < -0.4 is 14.4 Å². The van der Waals surface area contributed by atoms with Gasteiger partial charge in [0, 0.05) is 23.4 Å². The number of furan rings is 1. The van der Waals surface area contributed by atoms with Gasteiger partial charge in [-0.2, -0.15) is 0 Å². The standard InChI is InChI=1S/C22H17NO4/c1-13-7-16-4-3-14(8-19(16)27-13)17-6-5-15-9-20-21(26-12-25-20)10-18(15)22(17)23(2)11-24/h3-11H,12H2,1-2H3. The van der Waals surface area contributed by atoms with Gasteiger partial charge in [-0.1, -0.05) is 24.3 Å². The highest BCUT2D eigenvalue weighted by atomic mass is 16.7. The van der Waals surface area contributed by atoms with Gasteiger partial charge in [0.15, 0.2) is 11.5 Å². The quantitative estimate of drug-likeness (QED) is 0.489. The zero-order chi connectivity index (χ0) is 18.5. The van der Waals surface area contributed by atoms with Crippen LogP contribution in [-0.4, -0.2) is 20.3 Å². The number of rotatable bonds is 3. The fourth-order valence-electron chi connectivity index (χ4n) is 3.69. The zero-order valence-corrected chi connectivity index (χ0v) is 15.0. The van der Waals surface area contributed by atoms with Gasteiger partial charge in [0.25, 0.3) is 0 Å². The molecule has 5 rings (SSSR count). The van der Waals surface area contributed by atoms with Crippen molar-refractivity contribution in [1.29, 1.82) is 0 Å². The molecule has 5 nitrogen and oxygen atoms in total. The molecule has 1 aliphatic rings. The normalized spacial score (nSPS) is 12.7. The fraction of sp³-hybridized carbons (Fsp3) is 0.136. The lowest BCUT2D eigenvalue weighted by Crippen LogP contribution is -2.15. The molecule has 0 radical (unpaired) electrons. The molecule has 0 N–H and O–H groups in total. The van der Waals surface area contributed by atoms with E-state index in [1.54, 1.807) is 11.9 Å². The number of amides is 1. The van der Waals surface area contributed by atoms with E-state index < -0.39 is 0 Å². The summed E-state index contributed by atoms with van der Waals surface area (Å²) in [4.78, 5) is 13.2. The third kappa shape index (κ3) is 2.43. The molecule has 27 heavy (non-hydrogen) atoms. The Hall–Kier alpha value is -3.47. The molecule has 0 fully saturated rings. The van der Waals surface area contributed by atoms with E-state index in [0.717, 1.165) is 56.5 Å². The molecule has 1 amide bonds. The van der Waals surface area contributed by atoms with Crippen molar-refractivity contribution in [3.05, 3.63) is 54.3 Å². The molecule has 2 heterocycles. The van der Waals surface area contributed by atoms with Gasteiger partial charge >= 0.3 is 0 Å². The second-order valence-electron chi connectivity index (χ2n) is 6.71. The summed E-state index contributed by atoms with van der Waals surface area (Å²) in [5.41, 5.74) is 3.59. The van der Waals surface area contributed by atoms with Crippen molar-refractivity contribution in [3.8, 4) is 22.6 Å². The van der Waals surface area contributed by atoms with Crippen LogP contribution in [0.25, 0.3) is 32.9 Å². The first-order valence-corrected chi connectivity index (χ1v) is 8.69.